The van der Waals surface area contributed by atoms with Crippen LogP contribution in [0.15, 0.2) is 0 Å². The molecular formula is C9H21NO3S. The highest BCUT2D eigenvalue weighted by molar-refractivity contribution is 7.91. The zero-order valence-corrected chi connectivity index (χ0v) is 10.0. The van der Waals surface area contributed by atoms with Gasteiger partial charge in [0, 0.05) is 18.3 Å². The lowest BCUT2D eigenvalue weighted by Crippen LogP contribution is -2.36. The minimum absolute atomic E-state index is 0.0202. The van der Waals surface area contributed by atoms with Gasteiger partial charge in [-0.2, -0.15) is 0 Å². The largest absolute Gasteiger partial charge is 0.395 e. The Bertz CT molecular complexity index is 238. The van der Waals surface area contributed by atoms with Gasteiger partial charge in [0.2, 0.25) is 0 Å². The van der Waals surface area contributed by atoms with E-state index in [-0.39, 0.29) is 24.2 Å². The summed E-state index contributed by atoms with van der Waals surface area (Å²) in [5, 5.41) is 8.85. The Kier molecular flexibility index (Phi) is 6.31. The van der Waals surface area contributed by atoms with Crippen molar-refractivity contribution in [2.24, 2.45) is 0 Å². The Morgan fingerprint density at radius 2 is 1.93 bits per heavy atom. The van der Waals surface area contributed by atoms with Crippen LogP contribution in [0.4, 0.5) is 0 Å². The van der Waals surface area contributed by atoms with Gasteiger partial charge in [-0.3, -0.25) is 0 Å². The van der Waals surface area contributed by atoms with Crippen LogP contribution in [0, 0.1) is 0 Å². The number of aliphatic hydroxyl groups excluding tert-OH is 1. The number of sulfone groups is 1. The van der Waals surface area contributed by atoms with Crippen molar-refractivity contribution in [3.63, 3.8) is 0 Å². The normalized spacial score (nSPS) is 14.6. The highest BCUT2D eigenvalue weighted by atomic mass is 32.2. The minimum Gasteiger partial charge on any atom is -0.395 e. The maximum atomic E-state index is 11.4. The first-order valence-electron chi connectivity index (χ1n) is 4.94. The number of hydrogen-bond donors (Lipinski definition) is 1. The second-order valence-electron chi connectivity index (χ2n) is 3.66. The SMILES string of the molecule is CCCS(=O)(=O)CCN(C)C(C)CO. The first-order valence-corrected chi connectivity index (χ1v) is 6.76. The predicted octanol–water partition coefficient (Wildman–Crippen LogP) is 0.124. The van der Waals surface area contributed by atoms with Crippen LogP contribution in [-0.4, -0.2) is 56.2 Å². The molecule has 0 saturated carbocycles. The smallest absolute Gasteiger partial charge is 0.151 e. The second kappa shape index (κ2) is 6.37. The molecule has 0 radical (unpaired) electrons. The van der Waals surface area contributed by atoms with Crippen LogP contribution in [0.3, 0.4) is 0 Å². The fraction of sp³-hybridized carbons (Fsp3) is 1.00. The Balaban J connectivity index is 3.93. The van der Waals surface area contributed by atoms with Crippen LogP contribution in [0.2, 0.25) is 0 Å². The van der Waals surface area contributed by atoms with E-state index in [0.29, 0.717) is 13.0 Å². The number of nitrogens with zero attached hydrogens (tertiary/aromatic N) is 1. The topological polar surface area (TPSA) is 57.6 Å². The van der Waals surface area contributed by atoms with Crippen molar-refractivity contribution >= 4 is 9.84 Å². The van der Waals surface area contributed by atoms with Gasteiger partial charge in [0.15, 0.2) is 9.84 Å². The summed E-state index contributed by atoms with van der Waals surface area (Å²) in [7, 11) is -1.07. The number of hydrogen-bond acceptors (Lipinski definition) is 4. The molecule has 0 aliphatic carbocycles. The first-order chi connectivity index (χ1) is 6.43. The summed E-state index contributed by atoms with van der Waals surface area (Å²) in [6.45, 7) is 4.28. The van der Waals surface area contributed by atoms with Crippen molar-refractivity contribution in [2.75, 3.05) is 31.7 Å². The van der Waals surface area contributed by atoms with E-state index in [1.54, 1.807) is 0 Å². The van der Waals surface area contributed by atoms with Crippen LogP contribution in [-0.2, 0) is 9.84 Å². The van der Waals surface area contributed by atoms with Crippen LogP contribution in [0.1, 0.15) is 20.3 Å². The molecule has 0 amide bonds. The van der Waals surface area contributed by atoms with Gasteiger partial charge in [0.05, 0.1) is 12.4 Å². The van der Waals surface area contributed by atoms with Crippen LogP contribution in [0.25, 0.3) is 0 Å². The fourth-order valence-electron chi connectivity index (χ4n) is 1.06. The zero-order chi connectivity index (χ0) is 11.2. The molecule has 1 N–H and O–H groups in total. The van der Waals surface area contributed by atoms with Crippen molar-refractivity contribution in [2.45, 2.75) is 26.3 Å². The predicted molar refractivity (Wildman–Crippen MR) is 58.1 cm³/mol. The van der Waals surface area contributed by atoms with Gasteiger partial charge in [-0.1, -0.05) is 6.92 Å². The van der Waals surface area contributed by atoms with Gasteiger partial charge < -0.3 is 10.0 Å². The fourth-order valence-corrected chi connectivity index (χ4v) is 2.45. The first kappa shape index (κ1) is 13.9. The molecule has 1 atom stereocenters. The maximum Gasteiger partial charge on any atom is 0.151 e. The summed E-state index contributed by atoms with van der Waals surface area (Å²) in [5.41, 5.74) is 0. The standard InChI is InChI=1S/C9H21NO3S/c1-4-6-14(12,13)7-5-10(3)9(2)8-11/h9,11H,4-8H2,1-3H3. The third-order valence-electron chi connectivity index (χ3n) is 2.29. The minimum atomic E-state index is -2.89. The van der Waals surface area contributed by atoms with Crippen molar-refractivity contribution < 1.29 is 13.5 Å². The molecule has 0 aromatic carbocycles. The van der Waals surface area contributed by atoms with Crippen molar-refractivity contribution in [1.29, 1.82) is 0 Å². The van der Waals surface area contributed by atoms with E-state index in [0.717, 1.165) is 0 Å². The molecule has 0 aromatic heterocycles. The molecule has 86 valence electrons. The van der Waals surface area contributed by atoms with E-state index in [4.69, 9.17) is 5.11 Å². The molecule has 0 heterocycles. The Morgan fingerprint density at radius 3 is 2.36 bits per heavy atom. The third-order valence-corrected chi connectivity index (χ3v) is 4.12. The summed E-state index contributed by atoms with van der Waals surface area (Å²) in [5.74, 6) is 0.441. The molecule has 0 rings (SSSR count). The quantitative estimate of drug-likeness (QED) is 0.666. The Labute approximate surface area is 86.8 Å². The number of rotatable bonds is 7. The van der Waals surface area contributed by atoms with E-state index in [1.165, 1.54) is 0 Å². The highest BCUT2D eigenvalue weighted by Crippen LogP contribution is 1.98. The van der Waals surface area contributed by atoms with Crippen LogP contribution in [0.5, 0.6) is 0 Å². The van der Waals surface area contributed by atoms with E-state index in [2.05, 4.69) is 0 Å². The molecule has 14 heavy (non-hydrogen) atoms. The number of likely N-dealkylation sites (N-methyl/N-ethyl adjacent to an activating group) is 1. The lowest BCUT2D eigenvalue weighted by atomic mass is 10.3. The lowest BCUT2D eigenvalue weighted by molar-refractivity contribution is 0.165. The van der Waals surface area contributed by atoms with Gasteiger partial charge in [-0.15, -0.1) is 0 Å². The molecule has 0 saturated heterocycles. The van der Waals surface area contributed by atoms with Gasteiger partial charge >= 0.3 is 0 Å². The molecule has 4 nitrogen and oxygen atoms in total. The Morgan fingerprint density at radius 1 is 1.36 bits per heavy atom. The second-order valence-corrected chi connectivity index (χ2v) is 5.97. The van der Waals surface area contributed by atoms with Crippen molar-refractivity contribution in [1.82, 2.24) is 4.90 Å². The highest BCUT2D eigenvalue weighted by Gasteiger charge is 2.13. The molecule has 1 unspecified atom stereocenters. The van der Waals surface area contributed by atoms with Gasteiger partial charge in [-0.25, -0.2) is 8.42 Å². The van der Waals surface area contributed by atoms with E-state index < -0.39 is 9.84 Å². The van der Waals surface area contributed by atoms with E-state index >= 15 is 0 Å². The maximum absolute atomic E-state index is 11.4. The number of aliphatic hydroxyl groups is 1. The van der Waals surface area contributed by atoms with Crippen molar-refractivity contribution in [3.8, 4) is 0 Å². The summed E-state index contributed by atoms with van der Waals surface area (Å²) < 4.78 is 22.7. The van der Waals surface area contributed by atoms with Crippen LogP contribution >= 0.6 is 0 Å². The van der Waals surface area contributed by atoms with E-state index in [9.17, 15) is 8.42 Å². The average Bonchev–Trinajstić information content (AvgIpc) is 2.13. The zero-order valence-electron chi connectivity index (χ0n) is 9.23. The van der Waals surface area contributed by atoms with Gasteiger partial charge in [0.25, 0.3) is 0 Å². The average molecular weight is 223 g/mol. The van der Waals surface area contributed by atoms with Gasteiger partial charge in [0.1, 0.15) is 0 Å². The summed E-state index contributed by atoms with van der Waals surface area (Å²) in [6, 6.07) is 0.0202. The summed E-state index contributed by atoms with van der Waals surface area (Å²) >= 11 is 0. The molecule has 0 fully saturated rings. The summed E-state index contributed by atoms with van der Waals surface area (Å²) in [4.78, 5) is 1.85. The van der Waals surface area contributed by atoms with E-state index in [1.807, 2.05) is 25.8 Å². The molecule has 5 heteroatoms. The lowest BCUT2D eigenvalue weighted by Gasteiger charge is -2.22. The Hall–Kier alpha value is -0.130. The monoisotopic (exact) mass is 223 g/mol. The molecule has 0 aliphatic rings. The van der Waals surface area contributed by atoms with Crippen molar-refractivity contribution in [3.05, 3.63) is 0 Å². The van der Waals surface area contributed by atoms with Crippen LogP contribution < -0.4 is 0 Å². The molecule has 0 aliphatic heterocycles. The van der Waals surface area contributed by atoms with Gasteiger partial charge in [-0.05, 0) is 20.4 Å². The molecule has 0 spiro atoms. The third kappa shape index (κ3) is 5.57. The summed E-state index contributed by atoms with van der Waals surface area (Å²) in [6.07, 6.45) is 0.668. The molecule has 0 aromatic rings. The molecule has 0 bridgehead atoms. The molecular weight excluding hydrogens is 202 g/mol.